The minimum atomic E-state index is -0.484. The second-order valence-corrected chi connectivity index (χ2v) is 10.2. The van der Waals surface area contributed by atoms with E-state index in [4.69, 9.17) is 11.8 Å². The largest absolute Gasteiger partial charge is 0.314 e. The fourth-order valence-electron chi connectivity index (χ4n) is 0.578. The molecule has 0 heterocycles. The third-order valence-corrected chi connectivity index (χ3v) is 5.84. The van der Waals surface area contributed by atoms with Gasteiger partial charge >= 0.3 is 5.10 Å². The first-order valence-electron chi connectivity index (χ1n) is 3.40. The third kappa shape index (κ3) is 4.95. The number of hydrogen-bond acceptors (Lipinski definition) is 2. The van der Waals surface area contributed by atoms with Gasteiger partial charge in [0.2, 0.25) is 0 Å². The summed E-state index contributed by atoms with van der Waals surface area (Å²) in [6.07, 6.45) is 1.24. The molecular weight excluding hydrogens is 199 g/mol. The van der Waals surface area contributed by atoms with E-state index >= 15 is 0 Å². The van der Waals surface area contributed by atoms with Crippen LogP contribution in [0.1, 0.15) is 27.2 Å². The number of rotatable bonds is 4. The van der Waals surface area contributed by atoms with Gasteiger partial charge in [0.15, 0.2) is 11.8 Å². The smallest absolute Gasteiger partial charge is 0.0651 e. The van der Waals surface area contributed by atoms with Gasteiger partial charge in [-0.2, -0.15) is 0 Å². The summed E-state index contributed by atoms with van der Waals surface area (Å²) in [6, 6.07) is 0. The Morgan fingerprint density at radius 3 is 2.40 bits per heavy atom. The lowest BCUT2D eigenvalue weighted by molar-refractivity contribution is 0.559. The summed E-state index contributed by atoms with van der Waals surface area (Å²) in [4.78, 5) is 0. The summed E-state index contributed by atoms with van der Waals surface area (Å²) in [5.41, 5.74) is 0. The molecule has 10 heavy (non-hydrogen) atoms. The normalized spacial score (nSPS) is 18.2. The fourth-order valence-corrected chi connectivity index (χ4v) is 5.30. The summed E-state index contributed by atoms with van der Waals surface area (Å²) >= 11 is 11.1. The lowest BCUT2D eigenvalue weighted by Crippen LogP contribution is -2.06. The maximum Gasteiger partial charge on any atom is 0.314 e. The van der Waals surface area contributed by atoms with E-state index in [1.807, 2.05) is 11.4 Å². The van der Waals surface area contributed by atoms with E-state index in [0.717, 1.165) is 5.92 Å². The molecule has 0 aliphatic rings. The fraction of sp³-hybridized carbons (Fsp3) is 1.00. The van der Waals surface area contributed by atoms with Crippen LogP contribution in [0.3, 0.4) is 0 Å². The van der Waals surface area contributed by atoms with E-state index in [2.05, 4.69) is 33.0 Å². The van der Waals surface area contributed by atoms with E-state index < -0.39 is 5.10 Å². The van der Waals surface area contributed by atoms with Crippen molar-refractivity contribution in [2.45, 2.75) is 32.4 Å². The van der Waals surface area contributed by atoms with Crippen molar-refractivity contribution in [1.29, 1.82) is 0 Å². The molecule has 60 valence electrons. The Kier molecular flexibility index (Phi) is 6.53. The molecule has 0 saturated heterocycles. The third-order valence-electron chi connectivity index (χ3n) is 1.70. The maximum absolute atomic E-state index is 5.01. The molecular formula is C6H14PS3+. The Morgan fingerprint density at radius 1 is 1.60 bits per heavy atom. The van der Waals surface area contributed by atoms with Gasteiger partial charge in [-0.25, -0.2) is 0 Å². The van der Waals surface area contributed by atoms with Crippen molar-refractivity contribution in [3.8, 4) is 0 Å². The zero-order valence-electron chi connectivity index (χ0n) is 6.57. The summed E-state index contributed by atoms with van der Waals surface area (Å²) in [6.45, 7) is 6.71. The van der Waals surface area contributed by atoms with Crippen LogP contribution in [0.2, 0.25) is 0 Å². The molecule has 4 heteroatoms. The number of hydrogen-bond donors (Lipinski definition) is 1. The van der Waals surface area contributed by atoms with Crippen LogP contribution >= 0.6 is 28.7 Å². The van der Waals surface area contributed by atoms with Gasteiger partial charge in [0, 0.05) is 0 Å². The molecule has 0 aliphatic carbocycles. The van der Waals surface area contributed by atoms with Crippen molar-refractivity contribution < 1.29 is 0 Å². The summed E-state index contributed by atoms with van der Waals surface area (Å²) < 4.78 is 0. The molecule has 0 radical (unpaired) electrons. The minimum absolute atomic E-state index is 0.484. The van der Waals surface area contributed by atoms with Crippen molar-refractivity contribution in [1.82, 2.24) is 0 Å². The summed E-state index contributed by atoms with van der Waals surface area (Å²) in [7, 11) is 0. The van der Waals surface area contributed by atoms with Gasteiger partial charge in [-0.1, -0.05) is 20.3 Å². The van der Waals surface area contributed by atoms with E-state index in [1.54, 1.807) is 0 Å². The molecule has 0 aliphatic heterocycles. The molecule has 3 atom stereocenters. The first-order chi connectivity index (χ1) is 4.57. The summed E-state index contributed by atoms with van der Waals surface area (Å²) in [5.74, 6) is 0.769. The first kappa shape index (κ1) is 11.2. The van der Waals surface area contributed by atoms with Crippen LogP contribution in [0.15, 0.2) is 0 Å². The summed E-state index contributed by atoms with van der Waals surface area (Å²) in [5, 5.41) is 0.189. The van der Waals surface area contributed by atoms with Crippen molar-refractivity contribution >= 4 is 40.5 Å². The topological polar surface area (TPSA) is 0 Å². The molecule has 0 saturated carbocycles. The highest BCUT2D eigenvalue weighted by Gasteiger charge is 2.18. The van der Waals surface area contributed by atoms with Crippen molar-refractivity contribution in [2.24, 2.45) is 5.92 Å². The van der Waals surface area contributed by atoms with Crippen LogP contribution in [-0.4, -0.2) is 5.25 Å². The SMILES string of the molecule is CCC(C)C(C)S[P+](=S)S. The minimum Gasteiger partial charge on any atom is -0.0651 e. The Balaban J connectivity index is 3.61. The van der Waals surface area contributed by atoms with Gasteiger partial charge in [0.25, 0.3) is 0 Å². The molecule has 0 N–H and O–H groups in total. The predicted molar refractivity (Wildman–Crippen MR) is 59.8 cm³/mol. The second kappa shape index (κ2) is 5.82. The van der Waals surface area contributed by atoms with Crippen molar-refractivity contribution in [3.05, 3.63) is 0 Å². The Labute approximate surface area is 78.9 Å². The molecule has 3 unspecified atom stereocenters. The molecule has 0 aromatic carbocycles. The van der Waals surface area contributed by atoms with Crippen molar-refractivity contribution in [2.75, 3.05) is 0 Å². The Morgan fingerprint density at radius 2 is 2.10 bits per heavy atom. The molecule has 0 rings (SSSR count). The van der Waals surface area contributed by atoms with Gasteiger partial charge in [0.1, 0.15) is 11.4 Å². The maximum atomic E-state index is 5.01. The Bertz CT molecular complexity index is 116. The van der Waals surface area contributed by atoms with Crippen LogP contribution in [0.5, 0.6) is 0 Å². The lowest BCUT2D eigenvalue weighted by atomic mass is 10.1. The highest BCUT2D eigenvalue weighted by Crippen LogP contribution is 2.47. The second-order valence-electron chi connectivity index (χ2n) is 2.43. The van der Waals surface area contributed by atoms with Crippen LogP contribution in [-0.2, 0) is 11.8 Å². The average Bonchev–Trinajstić information content (AvgIpc) is 1.85. The Hall–Kier alpha value is 1.22. The average molecular weight is 213 g/mol. The van der Waals surface area contributed by atoms with Crippen LogP contribution in [0, 0.1) is 5.92 Å². The quantitative estimate of drug-likeness (QED) is 0.556. The van der Waals surface area contributed by atoms with Crippen LogP contribution in [0.25, 0.3) is 0 Å². The van der Waals surface area contributed by atoms with E-state index in [-0.39, 0.29) is 0 Å². The highest BCUT2D eigenvalue weighted by molar-refractivity contribution is 8.90. The molecule has 0 fully saturated rings. The van der Waals surface area contributed by atoms with Gasteiger partial charge in [-0.05, 0) is 12.8 Å². The molecule has 0 aromatic heterocycles. The predicted octanol–water partition coefficient (Wildman–Crippen LogP) is 3.86. The van der Waals surface area contributed by atoms with Gasteiger partial charge in [-0.15, -0.1) is 0 Å². The van der Waals surface area contributed by atoms with Gasteiger partial charge < -0.3 is 0 Å². The highest BCUT2D eigenvalue weighted by atomic mass is 33.2. The molecule has 0 aromatic rings. The van der Waals surface area contributed by atoms with Crippen molar-refractivity contribution in [3.63, 3.8) is 0 Å². The van der Waals surface area contributed by atoms with E-state index in [9.17, 15) is 0 Å². The zero-order chi connectivity index (χ0) is 8.15. The van der Waals surface area contributed by atoms with E-state index in [1.165, 1.54) is 6.42 Å². The molecule has 0 spiro atoms. The van der Waals surface area contributed by atoms with Gasteiger partial charge in [0.05, 0.1) is 17.5 Å². The van der Waals surface area contributed by atoms with E-state index in [0.29, 0.717) is 5.25 Å². The van der Waals surface area contributed by atoms with Crippen LogP contribution in [0.4, 0.5) is 0 Å². The zero-order valence-corrected chi connectivity index (χ0v) is 9.99. The first-order valence-corrected chi connectivity index (χ1v) is 8.40. The molecule has 0 nitrogen and oxygen atoms in total. The van der Waals surface area contributed by atoms with Crippen LogP contribution < -0.4 is 0 Å². The van der Waals surface area contributed by atoms with Gasteiger partial charge in [-0.3, -0.25) is 0 Å². The lowest BCUT2D eigenvalue weighted by Gasteiger charge is -2.10. The molecule has 0 amide bonds. The monoisotopic (exact) mass is 213 g/mol. The number of thiol groups is 1. The standard InChI is InChI=1S/C6H13PS3/c1-4-5(2)6(3)10-7(8)9/h5-6H,4H2,1-3H3/p+1. The molecule has 0 bridgehead atoms.